The molecule has 2 heterocycles. The summed E-state index contributed by atoms with van der Waals surface area (Å²) in [6.45, 7) is 6.86. The van der Waals surface area contributed by atoms with E-state index >= 15 is 0 Å². The summed E-state index contributed by atoms with van der Waals surface area (Å²) >= 11 is 0. The number of benzene rings is 2. The molecule has 2 aromatic carbocycles. The van der Waals surface area contributed by atoms with Crippen molar-refractivity contribution in [3.8, 4) is 0 Å². The van der Waals surface area contributed by atoms with E-state index in [4.69, 9.17) is 0 Å². The van der Waals surface area contributed by atoms with Crippen molar-refractivity contribution >= 4 is 17.4 Å². The fourth-order valence-corrected chi connectivity index (χ4v) is 4.03. The zero-order chi connectivity index (χ0) is 23.0. The smallest absolute Gasteiger partial charge is 0.247 e. The Morgan fingerprint density at radius 2 is 1.70 bits per heavy atom. The van der Waals surface area contributed by atoms with Crippen LogP contribution in [0.25, 0.3) is 0 Å². The lowest BCUT2D eigenvalue weighted by atomic mass is 10.1. The second-order valence-corrected chi connectivity index (χ2v) is 8.71. The van der Waals surface area contributed by atoms with Crippen LogP contribution in [0.3, 0.4) is 0 Å². The third-order valence-electron chi connectivity index (χ3n) is 6.15. The Morgan fingerprint density at radius 1 is 0.970 bits per heavy atom. The summed E-state index contributed by atoms with van der Waals surface area (Å²) in [5.74, 6) is 0.462. The number of nitrogens with zero attached hydrogens (tertiary/aromatic N) is 3. The Balaban J connectivity index is 1.39. The van der Waals surface area contributed by atoms with E-state index in [9.17, 15) is 4.79 Å². The number of piperazine rings is 1. The van der Waals surface area contributed by atoms with Gasteiger partial charge in [-0.2, -0.15) is 0 Å². The average molecular weight is 444 g/mol. The second-order valence-electron chi connectivity index (χ2n) is 8.71. The fraction of sp³-hybridized carbons (Fsp3) is 0.333. The van der Waals surface area contributed by atoms with Crippen molar-refractivity contribution < 1.29 is 4.79 Å². The molecule has 0 aliphatic carbocycles. The van der Waals surface area contributed by atoms with Crippen molar-refractivity contribution in [2.45, 2.75) is 19.4 Å². The minimum atomic E-state index is -0.448. The molecule has 0 spiro atoms. The summed E-state index contributed by atoms with van der Waals surface area (Å²) in [5.41, 5.74) is 4.53. The number of hydrogen-bond donors (Lipinski definition) is 2. The molecule has 1 aromatic heterocycles. The average Bonchev–Trinajstić information content (AvgIpc) is 2.84. The van der Waals surface area contributed by atoms with E-state index in [-0.39, 0.29) is 5.91 Å². The quantitative estimate of drug-likeness (QED) is 0.557. The third-order valence-corrected chi connectivity index (χ3v) is 6.15. The number of hydrogen-bond acceptors (Lipinski definition) is 5. The number of carbonyl (C=O) groups is 1. The Labute approximate surface area is 196 Å². The molecule has 1 aliphatic heterocycles. The molecule has 1 saturated heterocycles. The van der Waals surface area contributed by atoms with Gasteiger partial charge in [-0.05, 0) is 43.7 Å². The highest BCUT2D eigenvalue weighted by molar-refractivity contribution is 5.94. The molecule has 6 heteroatoms. The molecule has 1 aliphatic rings. The summed E-state index contributed by atoms with van der Waals surface area (Å²) in [7, 11) is 2.15. The van der Waals surface area contributed by atoms with Crippen LogP contribution in [0.15, 0.2) is 72.9 Å². The van der Waals surface area contributed by atoms with Crippen LogP contribution in [-0.4, -0.2) is 55.6 Å². The van der Waals surface area contributed by atoms with Gasteiger partial charge in [0.05, 0.1) is 11.9 Å². The van der Waals surface area contributed by atoms with Crippen LogP contribution in [0.2, 0.25) is 0 Å². The van der Waals surface area contributed by atoms with Gasteiger partial charge in [0.1, 0.15) is 11.9 Å². The molecule has 4 rings (SSSR count). The van der Waals surface area contributed by atoms with Crippen LogP contribution in [0.4, 0.5) is 11.5 Å². The van der Waals surface area contributed by atoms with Gasteiger partial charge in [0.15, 0.2) is 0 Å². The lowest BCUT2D eigenvalue weighted by molar-refractivity contribution is -0.118. The molecule has 1 atom stereocenters. The van der Waals surface area contributed by atoms with Crippen LogP contribution < -0.4 is 15.5 Å². The van der Waals surface area contributed by atoms with E-state index in [1.54, 1.807) is 0 Å². The number of pyridine rings is 1. The highest BCUT2D eigenvalue weighted by Gasteiger charge is 2.21. The van der Waals surface area contributed by atoms with Gasteiger partial charge in [0, 0.05) is 32.7 Å². The van der Waals surface area contributed by atoms with Crippen molar-refractivity contribution in [3.05, 3.63) is 89.6 Å². The van der Waals surface area contributed by atoms with Gasteiger partial charge in [-0.25, -0.2) is 4.98 Å². The van der Waals surface area contributed by atoms with E-state index in [1.807, 2.05) is 48.7 Å². The number of aryl methyl sites for hydroxylation is 1. The molecule has 0 unspecified atom stereocenters. The highest BCUT2D eigenvalue weighted by Crippen LogP contribution is 2.19. The van der Waals surface area contributed by atoms with E-state index in [0.29, 0.717) is 12.4 Å². The maximum Gasteiger partial charge on any atom is 0.247 e. The Morgan fingerprint density at radius 3 is 2.36 bits per heavy atom. The first kappa shape index (κ1) is 23.0. The monoisotopic (exact) mass is 443 g/mol. The maximum absolute atomic E-state index is 13.2. The zero-order valence-corrected chi connectivity index (χ0v) is 19.5. The van der Waals surface area contributed by atoms with E-state index in [1.165, 1.54) is 11.1 Å². The predicted molar refractivity (Wildman–Crippen MR) is 135 cm³/mol. The topological polar surface area (TPSA) is 60.5 Å². The van der Waals surface area contributed by atoms with E-state index < -0.39 is 6.04 Å². The van der Waals surface area contributed by atoms with Gasteiger partial charge in [-0.1, -0.05) is 60.2 Å². The van der Waals surface area contributed by atoms with Crippen molar-refractivity contribution in [3.63, 3.8) is 0 Å². The largest absolute Gasteiger partial charge is 0.368 e. The molecule has 3 aromatic rings. The van der Waals surface area contributed by atoms with Gasteiger partial charge < -0.3 is 20.4 Å². The molecular weight excluding hydrogens is 410 g/mol. The Kier molecular flexibility index (Phi) is 7.70. The molecule has 172 valence electrons. The molecule has 0 radical (unpaired) electrons. The van der Waals surface area contributed by atoms with Gasteiger partial charge in [-0.3, -0.25) is 4.79 Å². The minimum absolute atomic E-state index is 0.107. The van der Waals surface area contributed by atoms with E-state index in [0.717, 1.165) is 43.9 Å². The number of carbonyl (C=O) groups excluding carboxylic acids is 1. The van der Waals surface area contributed by atoms with Gasteiger partial charge in [-0.15, -0.1) is 0 Å². The van der Waals surface area contributed by atoms with Crippen LogP contribution in [-0.2, 0) is 11.2 Å². The lowest BCUT2D eigenvalue weighted by Gasteiger charge is -2.33. The van der Waals surface area contributed by atoms with Crippen molar-refractivity contribution in [1.82, 2.24) is 15.2 Å². The summed E-state index contributed by atoms with van der Waals surface area (Å²) in [6.07, 6.45) is 2.71. The van der Waals surface area contributed by atoms with Crippen LogP contribution in [0.1, 0.15) is 22.7 Å². The van der Waals surface area contributed by atoms with E-state index in [2.05, 4.69) is 63.7 Å². The Hall–Kier alpha value is -3.22. The summed E-state index contributed by atoms with van der Waals surface area (Å²) in [5, 5.41) is 6.43. The number of likely N-dealkylation sites (N-methyl/N-ethyl adjacent to an activating group) is 1. The van der Waals surface area contributed by atoms with Crippen LogP contribution >= 0.6 is 0 Å². The summed E-state index contributed by atoms with van der Waals surface area (Å²) in [6, 6.07) is 21.8. The minimum Gasteiger partial charge on any atom is -0.368 e. The summed E-state index contributed by atoms with van der Waals surface area (Å²) < 4.78 is 0. The maximum atomic E-state index is 13.2. The van der Waals surface area contributed by atoms with Crippen molar-refractivity contribution in [1.29, 1.82) is 0 Å². The first-order valence-corrected chi connectivity index (χ1v) is 11.6. The number of amides is 1. The highest BCUT2D eigenvalue weighted by atomic mass is 16.2. The fourth-order valence-electron chi connectivity index (χ4n) is 4.03. The summed E-state index contributed by atoms with van der Waals surface area (Å²) in [4.78, 5) is 22.4. The van der Waals surface area contributed by atoms with Gasteiger partial charge >= 0.3 is 0 Å². The molecule has 1 fully saturated rings. The van der Waals surface area contributed by atoms with Crippen molar-refractivity contribution in [2.24, 2.45) is 0 Å². The molecule has 6 nitrogen and oxygen atoms in total. The first-order valence-electron chi connectivity index (χ1n) is 11.6. The molecule has 1 amide bonds. The number of anilines is 2. The SMILES string of the molecule is Cc1ccc(CCN[C@H](C(=O)Nc2ccc(N3CCN(C)CC3)cn2)c2ccccc2)cc1. The predicted octanol–water partition coefficient (Wildman–Crippen LogP) is 3.65. The second kappa shape index (κ2) is 11.1. The zero-order valence-electron chi connectivity index (χ0n) is 19.5. The molecule has 2 N–H and O–H groups in total. The van der Waals surface area contributed by atoms with Gasteiger partial charge in [0.25, 0.3) is 0 Å². The first-order chi connectivity index (χ1) is 16.1. The van der Waals surface area contributed by atoms with Crippen LogP contribution in [0, 0.1) is 6.92 Å². The van der Waals surface area contributed by atoms with Crippen LogP contribution in [0.5, 0.6) is 0 Å². The number of aromatic nitrogens is 1. The molecule has 0 bridgehead atoms. The molecule has 0 saturated carbocycles. The molecule has 33 heavy (non-hydrogen) atoms. The standard InChI is InChI=1S/C27H33N5O/c1-21-8-10-22(11-9-21)14-15-28-26(23-6-4-3-5-7-23)27(33)30-25-13-12-24(20-29-25)32-18-16-31(2)17-19-32/h3-13,20,26,28H,14-19H2,1-2H3,(H,29,30,33)/t26-/m0/s1. The lowest BCUT2D eigenvalue weighted by Crippen LogP contribution is -2.44. The number of rotatable bonds is 8. The third kappa shape index (κ3) is 6.40. The Bertz CT molecular complexity index is 1010. The molecular formula is C27H33N5O. The van der Waals surface area contributed by atoms with Crippen molar-refractivity contribution in [2.75, 3.05) is 50.0 Å². The normalized spacial score (nSPS) is 15.3. The van der Waals surface area contributed by atoms with Gasteiger partial charge in [0.2, 0.25) is 5.91 Å². The number of nitrogens with one attached hydrogen (secondary N) is 2.